The van der Waals surface area contributed by atoms with Gasteiger partial charge in [0.1, 0.15) is 4.93 Å². The van der Waals surface area contributed by atoms with Crippen LogP contribution in [0, 0.1) is 34.5 Å². The van der Waals surface area contributed by atoms with Crippen LogP contribution in [0.5, 0.6) is 0 Å². The Balaban J connectivity index is 2.18. The molecule has 154 valence electrons. The van der Waals surface area contributed by atoms with Crippen LogP contribution < -0.4 is 0 Å². The van der Waals surface area contributed by atoms with E-state index in [1.54, 1.807) is 11.8 Å². The van der Waals surface area contributed by atoms with Crippen molar-refractivity contribution in [3.05, 3.63) is 0 Å². The molecule has 0 radical (unpaired) electrons. The Morgan fingerprint density at radius 1 is 0.808 bits per heavy atom. The molecule has 3 N–H and O–H groups in total. The Kier molecular flexibility index (Phi) is 6.56. The summed E-state index contributed by atoms with van der Waals surface area (Å²) < 4.78 is 0. The van der Waals surface area contributed by atoms with Gasteiger partial charge < -0.3 is 15.3 Å². The van der Waals surface area contributed by atoms with E-state index in [2.05, 4.69) is 55.4 Å². The molecule has 2 rings (SSSR count). The van der Waals surface area contributed by atoms with E-state index in [4.69, 9.17) is 0 Å². The van der Waals surface area contributed by atoms with E-state index in [0.717, 1.165) is 12.8 Å². The summed E-state index contributed by atoms with van der Waals surface area (Å²) in [4.78, 5) is -0.791. The van der Waals surface area contributed by atoms with Gasteiger partial charge in [0.15, 0.2) is 0 Å². The molecule has 0 spiro atoms. The van der Waals surface area contributed by atoms with Crippen molar-refractivity contribution in [1.82, 2.24) is 0 Å². The molecular weight excluding hydrogens is 344 g/mol. The van der Waals surface area contributed by atoms with E-state index in [-0.39, 0.29) is 40.8 Å². The minimum Gasteiger partial charge on any atom is -0.393 e. The SMILES string of the molecule is CC1CC(O)C(C(C)(C)C)CC1SC1(O)CC(C(C)(C)C)C(O)CC1C. The van der Waals surface area contributed by atoms with Crippen molar-refractivity contribution in [3.8, 4) is 0 Å². The number of thioether (sulfide) groups is 1. The van der Waals surface area contributed by atoms with Crippen LogP contribution in [-0.4, -0.2) is 37.7 Å². The number of aliphatic hydroxyl groups excluding tert-OH is 2. The smallest absolute Gasteiger partial charge is 0.113 e. The van der Waals surface area contributed by atoms with Crippen molar-refractivity contribution in [1.29, 1.82) is 0 Å². The maximum absolute atomic E-state index is 11.6. The molecule has 26 heavy (non-hydrogen) atoms. The van der Waals surface area contributed by atoms with Gasteiger partial charge in [-0.15, -0.1) is 11.8 Å². The summed E-state index contributed by atoms with van der Waals surface area (Å²) in [5.74, 6) is 0.847. The first kappa shape index (κ1) is 22.5. The molecule has 0 aromatic rings. The van der Waals surface area contributed by atoms with Gasteiger partial charge in [-0.1, -0.05) is 55.4 Å². The second-order valence-corrected chi connectivity index (χ2v) is 12.9. The number of hydrogen-bond acceptors (Lipinski definition) is 4. The lowest BCUT2D eigenvalue weighted by Crippen LogP contribution is -2.51. The molecule has 0 bridgehead atoms. The minimum atomic E-state index is -0.791. The van der Waals surface area contributed by atoms with E-state index in [0.29, 0.717) is 24.0 Å². The molecule has 4 heteroatoms. The van der Waals surface area contributed by atoms with Gasteiger partial charge in [-0.3, -0.25) is 0 Å². The quantitative estimate of drug-likeness (QED) is 0.603. The second kappa shape index (κ2) is 7.57. The molecule has 0 amide bonds. The minimum absolute atomic E-state index is 0.0174. The number of rotatable bonds is 2. The van der Waals surface area contributed by atoms with Crippen LogP contribution in [0.25, 0.3) is 0 Å². The Hall–Kier alpha value is 0.230. The van der Waals surface area contributed by atoms with Crippen molar-refractivity contribution >= 4 is 11.8 Å². The van der Waals surface area contributed by atoms with Gasteiger partial charge in [-0.2, -0.15) is 0 Å². The van der Waals surface area contributed by atoms with Crippen molar-refractivity contribution in [2.45, 2.75) is 103 Å². The molecule has 8 unspecified atom stereocenters. The van der Waals surface area contributed by atoms with Crippen molar-refractivity contribution < 1.29 is 15.3 Å². The zero-order valence-corrected chi connectivity index (χ0v) is 18.9. The van der Waals surface area contributed by atoms with E-state index in [9.17, 15) is 15.3 Å². The molecule has 0 aromatic heterocycles. The van der Waals surface area contributed by atoms with Gasteiger partial charge in [-0.25, -0.2) is 0 Å². The van der Waals surface area contributed by atoms with Crippen molar-refractivity contribution in [2.24, 2.45) is 34.5 Å². The first-order valence-electron chi connectivity index (χ1n) is 10.4. The van der Waals surface area contributed by atoms with Crippen LogP contribution in [0.2, 0.25) is 0 Å². The largest absolute Gasteiger partial charge is 0.393 e. The average molecular weight is 387 g/mol. The molecule has 2 fully saturated rings. The average Bonchev–Trinajstić information content (AvgIpc) is 2.43. The summed E-state index contributed by atoms with van der Waals surface area (Å²) in [5.41, 5.74) is 0.0553. The van der Waals surface area contributed by atoms with Crippen molar-refractivity contribution in [2.75, 3.05) is 0 Å². The predicted octanol–water partition coefficient (Wildman–Crippen LogP) is 4.68. The monoisotopic (exact) mass is 386 g/mol. The molecule has 0 aliphatic heterocycles. The van der Waals surface area contributed by atoms with Gasteiger partial charge in [0, 0.05) is 5.25 Å². The molecule has 8 atom stereocenters. The van der Waals surface area contributed by atoms with Gasteiger partial charge in [0.2, 0.25) is 0 Å². The highest BCUT2D eigenvalue weighted by Crippen LogP contribution is 2.54. The number of aliphatic hydroxyl groups is 3. The first-order valence-corrected chi connectivity index (χ1v) is 11.3. The summed E-state index contributed by atoms with van der Waals surface area (Å²) in [6, 6.07) is 0. The van der Waals surface area contributed by atoms with Gasteiger partial charge in [-0.05, 0) is 60.2 Å². The highest BCUT2D eigenvalue weighted by atomic mass is 32.2. The summed E-state index contributed by atoms with van der Waals surface area (Å²) in [6.07, 6.45) is 2.50. The van der Waals surface area contributed by atoms with Gasteiger partial charge in [0.25, 0.3) is 0 Å². The lowest BCUT2D eigenvalue weighted by Gasteiger charge is -2.51. The van der Waals surface area contributed by atoms with Crippen LogP contribution in [0.15, 0.2) is 0 Å². The Bertz CT molecular complexity index is 481. The molecular formula is C22H42O3S. The first-order chi connectivity index (χ1) is 11.6. The topological polar surface area (TPSA) is 60.7 Å². The summed E-state index contributed by atoms with van der Waals surface area (Å²) in [7, 11) is 0. The zero-order chi connectivity index (χ0) is 20.1. The maximum Gasteiger partial charge on any atom is 0.113 e. The lowest BCUT2D eigenvalue weighted by molar-refractivity contribution is -0.0796. The molecule has 0 aromatic carbocycles. The zero-order valence-electron chi connectivity index (χ0n) is 18.1. The standard InChI is InChI=1S/C22H42O3S/c1-13-9-17(23)15(20(3,4)5)11-19(13)26-22(25)12-16(21(6,7)8)18(24)10-14(22)2/h13-19,23-25H,9-12H2,1-8H3. The summed E-state index contributed by atoms with van der Waals surface area (Å²) >= 11 is 1.74. The fraction of sp³-hybridized carbons (Fsp3) is 1.00. The van der Waals surface area contributed by atoms with E-state index in [1.165, 1.54) is 0 Å². The fourth-order valence-electron chi connectivity index (χ4n) is 5.10. The highest BCUT2D eigenvalue weighted by Gasteiger charge is 2.51. The third-order valence-corrected chi connectivity index (χ3v) is 9.06. The van der Waals surface area contributed by atoms with Gasteiger partial charge in [0.05, 0.1) is 12.2 Å². The summed E-state index contributed by atoms with van der Waals surface area (Å²) in [5, 5.41) is 33.1. The van der Waals surface area contributed by atoms with E-state index >= 15 is 0 Å². The maximum atomic E-state index is 11.6. The number of hydrogen-bond donors (Lipinski definition) is 3. The molecule has 2 saturated carbocycles. The van der Waals surface area contributed by atoms with Crippen LogP contribution in [0.3, 0.4) is 0 Å². The Morgan fingerprint density at radius 2 is 1.31 bits per heavy atom. The second-order valence-electron chi connectivity index (χ2n) is 11.4. The Morgan fingerprint density at radius 3 is 1.81 bits per heavy atom. The van der Waals surface area contributed by atoms with Crippen LogP contribution in [0.4, 0.5) is 0 Å². The van der Waals surface area contributed by atoms with E-state index < -0.39 is 4.93 Å². The molecule has 3 nitrogen and oxygen atoms in total. The van der Waals surface area contributed by atoms with Gasteiger partial charge >= 0.3 is 0 Å². The normalized spacial score (nSPS) is 45.6. The highest BCUT2D eigenvalue weighted by molar-refractivity contribution is 8.01. The third-order valence-electron chi connectivity index (χ3n) is 7.12. The molecule has 2 aliphatic rings. The van der Waals surface area contributed by atoms with Crippen LogP contribution in [-0.2, 0) is 0 Å². The van der Waals surface area contributed by atoms with Crippen molar-refractivity contribution in [3.63, 3.8) is 0 Å². The third kappa shape index (κ3) is 4.79. The van der Waals surface area contributed by atoms with E-state index in [1.807, 2.05) is 0 Å². The van der Waals surface area contributed by atoms with Crippen LogP contribution >= 0.6 is 11.8 Å². The molecule has 0 heterocycles. The fourth-order valence-corrected chi connectivity index (χ4v) is 6.88. The van der Waals surface area contributed by atoms with Crippen LogP contribution in [0.1, 0.15) is 81.1 Å². The Labute approximate surface area is 165 Å². The lowest BCUT2D eigenvalue weighted by atomic mass is 9.67. The summed E-state index contributed by atoms with van der Waals surface area (Å²) in [6.45, 7) is 17.4. The predicted molar refractivity (Wildman–Crippen MR) is 111 cm³/mol. The molecule has 2 aliphatic carbocycles. The molecule has 0 saturated heterocycles.